The van der Waals surface area contributed by atoms with Gasteiger partial charge >= 0.3 is 0 Å². The van der Waals surface area contributed by atoms with Crippen LogP contribution >= 0.6 is 11.3 Å². The van der Waals surface area contributed by atoms with Gasteiger partial charge in [0, 0.05) is 31.1 Å². The van der Waals surface area contributed by atoms with Gasteiger partial charge in [0.05, 0.1) is 11.8 Å². The molecule has 0 radical (unpaired) electrons. The van der Waals surface area contributed by atoms with Gasteiger partial charge in [-0.2, -0.15) is 0 Å². The van der Waals surface area contributed by atoms with Gasteiger partial charge in [0.2, 0.25) is 0 Å². The number of hydrogen-bond donors (Lipinski definition) is 1. The average Bonchev–Trinajstić information content (AvgIpc) is 3.15. The molecule has 21 heavy (non-hydrogen) atoms. The second-order valence-electron chi connectivity index (χ2n) is 5.01. The number of thiazole rings is 1. The molecule has 3 rings (SSSR count). The van der Waals surface area contributed by atoms with Gasteiger partial charge in [0.25, 0.3) is 5.91 Å². The van der Waals surface area contributed by atoms with Crippen LogP contribution in [0.15, 0.2) is 24.5 Å². The Balaban J connectivity index is 1.70. The van der Waals surface area contributed by atoms with Crippen LogP contribution in [-0.2, 0) is 4.74 Å². The molecule has 110 valence electrons. The molecule has 0 saturated carbocycles. The monoisotopic (exact) mass is 303 g/mol. The highest BCUT2D eigenvalue weighted by atomic mass is 32.1. The predicted octanol–water partition coefficient (Wildman–Crippen LogP) is 2.42. The molecule has 5 nitrogen and oxygen atoms in total. The van der Waals surface area contributed by atoms with Crippen LogP contribution in [-0.4, -0.2) is 35.1 Å². The summed E-state index contributed by atoms with van der Waals surface area (Å²) in [4.78, 5) is 21.4. The number of carbonyl (C=O) groups is 1. The second kappa shape index (κ2) is 6.32. The van der Waals surface area contributed by atoms with Gasteiger partial charge in [-0.1, -0.05) is 0 Å². The molecule has 1 N–H and O–H groups in total. The molecule has 0 aliphatic carbocycles. The van der Waals surface area contributed by atoms with E-state index in [1.807, 2.05) is 19.1 Å². The molecule has 0 spiro atoms. The molecule has 3 heterocycles. The molecule has 1 amide bonds. The van der Waals surface area contributed by atoms with E-state index in [-0.39, 0.29) is 12.0 Å². The minimum Gasteiger partial charge on any atom is -0.376 e. The predicted molar refractivity (Wildman–Crippen MR) is 81.4 cm³/mol. The highest BCUT2D eigenvalue weighted by Gasteiger charge is 2.19. The van der Waals surface area contributed by atoms with E-state index in [2.05, 4.69) is 15.3 Å². The molecule has 0 unspecified atom stereocenters. The summed E-state index contributed by atoms with van der Waals surface area (Å²) in [6.07, 6.45) is 5.70. The van der Waals surface area contributed by atoms with E-state index in [9.17, 15) is 4.79 Å². The molecule has 1 aliphatic heterocycles. The fraction of sp³-hybridized carbons (Fsp3) is 0.400. The molecule has 6 heteroatoms. The first-order valence-electron chi connectivity index (χ1n) is 7.01. The van der Waals surface area contributed by atoms with Crippen molar-refractivity contribution in [3.8, 4) is 10.6 Å². The number of amides is 1. The molecule has 0 aromatic carbocycles. The lowest BCUT2D eigenvalue weighted by Gasteiger charge is -2.09. The molecular weight excluding hydrogens is 286 g/mol. The number of pyridine rings is 1. The van der Waals surface area contributed by atoms with Crippen LogP contribution in [0.1, 0.15) is 28.2 Å². The number of ether oxygens (including phenoxy) is 1. The van der Waals surface area contributed by atoms with Crippen molar-refractivity contribution in [1.82, 2.24) is 15.3 Å². The van der Waals surface area contributed by atoms with Crippen LogP contribution in [0.2, 0.25) is 0 Å². The topological polar surface area (TPSA) is 64.1 Å². The summed E-state index contributed by atoms with van der Waals surface area (Å²) in [5.74, 6) is -0.0687. The fourth-order valence-corrected chi connectivity index (χ4v) is 3.31. The second-order valence-corrected chi connectivity index (χ2v) is 6.01. The summed E-state index contributed by atoms with van der Waals surface area (Å²) < 4.78 is 5.51. The molecule has 2 aromatic rings. The number of nitrogens with one attached hydrogen (secondary N) is 1. The minimum atomic E-state index is -0.0687. The smallest absolute Gasteiger partial charge is 0.263 e. The lowest BCUT2D eigenvalue weighted by atomic mass is 10.2. The Morgan fingerprint density at radius 3 is 3.00 bits per heavy atom. The van der Waals surface area contributed by atoms with Gasteiger partial charge in [-0.3, -0.25) is 9.78 Å². The summed E-state index contributed by atoms with van der Waals surface area (Å²) in [5.41, 5.74) is 1.74. The summed E-state index contributed by atoms with van der Waals surface area (Å²) in [5, 5.41) is 3.79. The number of carbonyl (C=O) groups excluding carboxylic acids is 1. The highest BCUT2D eigenvalue weighted by Crippen LogP contribution is 2.27. The lowest BCUT2D eigenvalue weighted by Crippen LogP contribution is -2.31. The van der Waals surface area contributed by atoms with E-state index in [0.29, 0.717) is 11.4 Å². The standard InChI is InChI=1S/C15H17N3O2S/c1-10-13(14(19)17-9-12-3-2-8-20-12)21-15(18-10)11-4-6-16-7-5-11/h4-7,12H,2-3,8-9H2,1H3,(H,17,19)/t12-/m0/s1. The first-order valence-corrected chi connectivity index (χ1v) is 7.83. The molecule has 1 aliphatic rings. The van der Waals surface area contributed by atoms with Crippen molar-refractivity contribution in [3.05, 3.63) is 35.1 Å². The van der Waals surface area contributed by atoms with Crippen LogP contribution in [0.4, 0.5) is 0 Å². The van der Waals surface area contributed by atoms with Gasteiger partial charge < -0.3 is 10.1 Å². The first kappa shape index (κ1) is 14.2. The fourth-order valence-electron chi connectivity index (χ4n) is 2.32. The number of aryl methyl sites for hydroxylation is 1. The number of nitrogens with zero attached hydrogens (tertiary/aromatic N) is 2. The zero-order chi connectivity index (χ0) is 14.7. The first-order chi connectivity index (χ1) is 10.2. The van der Waals surface area contributed by atoms with Crippen LogP contribution in [0.5, 0.6) is 0 Å². The zero-order valence-electron chi connectivity index (χ0n) is 11.8. The van der Waals surface area contributed by atoms with E-state index >= 15 is 0 Å². The normalized spacial score (nSPS) is 17.9. The highest BCUT2D eigenvalue weighted by molar-refractivity contribution is 7.17. The van der Waals surface area contributed by atoms with E-state index in [1.165, 1.54) is 11.3 Å². The number of hydrogen-bond acceptors (Lipinski definition) is 5. The van der Waals surface area contributed by atoms with Gasteiger partial charge in [-0.25, -0.2) is 4.98 Å². The average molecular weight is 303 g/mol. The Kier molecular flexibility index (Phi) is 4.26. The van der Waals surface area contributed by atoms with Crippen LogP contribution in [0, 0.1) is 6.92 Å². The van der Waals surface area contributed by atoms with Crippen molar-refractivity contribution in [1.29, 1.82) is 0 Å². The Bertz CT molecular complexity index is 621. The largest absolute Gasteiger partial charge is 0.376 e. The quantitative estimate of drug-likeness (QED) is 0.942. The van der Waals surface area contributed by atoms with Crippen molar-refractivity contribution in [2.75, 3.05) is 13.2 Å². The molecular formula is C15H17N3O2S. The van der Waals surface area contributed by atoms with Crippen LogP contribution in [0.3, 0.4) is 0 Å². The summed E-state index contributed by atoms with van der Waals surface area (Å²) in [7, 11) is 0. The SMILES string of the molecule is Cc1nc(-c2ccncc2)sc1C(=O)NC[C@@H]1CCCO1. The van der Waals surface area contributed by atoms with Gasteiger partial charge in [0.15, 0.2) is 0 Å². The number of rotatable bonds is 4. The lowest BCUT2D eigenvalue weighted by molar-refractivity contribution is 0.0860. The van der Waals surface area contributed by atoms with E-state index in [1.54, 1.807) is 12.4 Å². The zero-order valence-corrected chi connectivity index (χ0v) is 12.7. The third-order valence-electron chi connectivity index (χ3n) is 3.44. The maximum atomic E-state index is 12.3. The van der Waals surface area contributed by atoms with Crippen molar-refractivity contribution < 1.29 is 9.53 Å². The maximum Gasteiger partial charge on any atom is 0.263 e. The van der Waals surface area contributed by atoms with Crippen molar-refractivity contribution in [2.45, 2.75) is 25.9 Å². The Labute approximate surface area is 127 Å². The third kappa shape index (κ3) is 3.28. The Morgan fingerprint density at radius 1 is 1.48 bits per heavy atom. The van der Waals surface area contributed by atoms with E-state index in [0.717, 1.165) is 35.7 Å². The minimum absolute atomic E-state index is 0.0687. The van der Waals surface area contributed by atoms with E-state index in [4.69, 9.17) is 4.74 Å². The summed E-state index contributed by atoms with van der Waals surface area (Å²) in [6.45, 7) is 3.23. The van der Waals surface area contributed by atoms with E-state index < -0.39 is 0 Å². The van der Waals surface area contributed by atoms with Crippen LogP contribution < -0.4 is 5.32 Å². The van der Waals surface area contributed by atoms with Crippen molar-refractivity contribution in [2.24, 2.45) is 0 Å². The third-order valence-corrected chi connectivity index (χ3v) is 4.65. The Hall–Kier alpha value is -1.79. The van der Waals surface area contributed by atoms with Crippen molar-refractivity contribution in [3.63, 3.8) is 0 Å². The molecule has 2 aromatic heterocycles. The summed E-state index contributed by atoms with van der Waals surface area (Å²) in [6, 6.07) is 3.79. The molecule has 1 fully saturated rings. The van der Waals surface area contributed by atoms with Gasteiger partial charge in [-0.15, -0.1) is 11.3 Å². The van der Waals surface area contributed by atoms with Gasteiger partial charge in [0.1, 0.15) is 9.88 Å². The van der Waals surface area contributed by atoms with Crippen molar-refractivity contribution >= 4 is 17.2 Å². The maximum absolute atomic E-state index is 12.3. The Morgan fingerprint density at radius 2 is 2.29 bits per heavy atom. The van der Waals surface area contributed by atoms with Crippen LogP contribution in [0.25, 0.3) is 10.6 Å². The molecule has 0 bridgehead atoms. The number of aromatic nitrogens is 2. The molecule has 1 saturated heterocycles. The summed E-state index contributed by atoms with van der Waals surface area (Å²) >= 11 is 1.41. The van der Waals surface area contributed by atoms with Gasteiger partial charge in [-0.05, 0) is 31.9 Å². The molecule has 1 atom stereocenters.